The Labute approximate surface area is 170 Å². The van der Waals surface area contributed by atoms with Gasteiger partial charge in [-0.05, 0) is 103 Å². The van der Waals surface area contributed by atoms with Gasteiger partial charge in [-0.3, -0.25) is 0 Å². The van der Waals surface area contributed by atoms with Gasteiger partial charge >= 0.3 is 0 Å². The fourth-order valence-electron chi connectivity index (χ4n) is 6.90. The van der Waals surface area contributed by atoms with Crippen LogP contribution in [0.3, 0.4) is 0 Å². The van der Waals surface area contributed by atoms with E-state index in [1.54, 1.807) is 0 Å². The standard InChI is InChI=1S/C24H36O2S/c1-24-12-11-20-19-8-7-18(25)15-17(19)14-16(6-4-2-3-5-13-27)23(20)21(24)9-10-22(24)26/h7-8,15-16,20-23,25-27H,2-6,9-14H2,1H3/t16-,20-,21+,22+,23-,24+/m1/s1. The Morgan fingerprint density at radius 2 is 1.93 bits per heavy atom. The Morgan fingerprint density at radius 1 is 1.11 bits per heavy atom. The van der Waals surface area contributed by atoms with Crippen molar-refractivity contribution in [2.24, 2.45) is 23.2 Å². The molecule has 1 aromatic rings. The van der Waals surface area contributed by atoms with Gasteiger partial charge in [-0.15, -0.1) is 0 Å². The van der Waals surface area contributed by atoms with Crippen LogP contribution in [0.15, 0.2) is 18.2 Å². The van der Waals surface area contributed by atoms with Crippen LogP contribution >= 0.6 is 12.6 Å². The van der Waals surface area contributed by atoms with Gasteiger partial charge in [-0.25, -0.2) is 0 Å². The van der Waals surface area contributed by atoms with Gasteiger partial charge in [0.25, 0.3) is 0 Å². The van der Waals surface area contributed by atoms with Crippen LogP contribution in [0, 0.1) is 23.2 Å². The molecular weight excluding hydrogens is 352 g/mol. The van der Waals surface area contributed by atoms with Crippen molar-refractivity contribution in [1.82, 2.24) is 0 Å². The van der Waals surface area contributed by atoms with E-state index < -0.39 is 0 Å². The molecule has 27 heavy (non-hydrogen) atoms. The van der Waals surface area contributed by atoms with E-state index in [1.165, 1.54) is 56.1 Å². The number of hydrogen-bond donors (Lipinski definition) is 3. The molecule has 2 nitrogen and oxygen atoms in total. The number of fused-ring (bicyclic) bond motifs is 5. The lowest BCUT2D eigenvalue weighted by atomic mass is 9.52. The average molecular weight is 389 g/mol. The fraction of sp³-hybridized carbons (Fsp3) is 0.750. The van der Waals surface area contributed by atoms with Gasteiger partial charge in [0.1, 0.15) is 5.75 Å². The van der Waals surface area contributed by atoms with E-state index in [4.69, 9.17) is 0 Å². The van der Waals surface area contributed by atoms with E-state index in [1.807, 2.05) is 12.1 Å². The summed E-state index contributed by atoms with van der Waals surface area (Å²) >= 11 is 4.34. The van der Waals surface area contributed by atoms with E-state index >= 15 is 0 Å². The molecule has 0 bridgehead atoms. The highest BCUT2D eigenvalue weighted by Crippen LogP contribution is 2.62. The number of thiol groups is 1. The summed E-state index contributed by atoms with van der Waals surface area (Å²) in [5.74, 6) is 4.12. The van der Waals surface area contributed by atoms with Crippen molar-refractivity contribution in [3.05, 3.63) is 29.3 Å². The van der Waals surface area contributed by atoms with Gasteiger partial charge < -0.3 is 10.2 Å². The minimum absolute atomic E-state index is 0.110. The van der Waals surface area contributed by atoms with Crippen LogP contribution in [-0.2, 0) is 6.42 Å². The summed E-state index contributed by atoms with van der Waals surface area (Å²) in [6, 6.07) is 6.10. The van der Waals surface area contributed by atoms with Crippen molar-refractivity contribution >= 4 is 12.6 Å². The minimum Gasteiger partial charge on any atom is -0.508 e. The van der Waals surface area contributed by atoms with Crippen molar-refractivity contribution in [3.8, 4) is 5.75 Å². The van der Waals surface area contributed by atoms with Gasteiger partial charge in [-0.1, -0.05) is 32.3 Å². The summed E-state index contributed by atoms with van der Waals surface area (Å²) in [6.07, 6.45) is 12.0. The van der Waals surface area contributed by atoms with E-state index in [0.29, 0.717) is 29.4 Å². The Morgan fingerprint density at radius 3 is 2.74 bits per heavy atom. The Hall–Kier alpha value is -0.670. The molecule has 6 atom stereocenters. The second-order valence-corrected chi connectivity index (χ2v) is 10.1. The second-order valence-electron chi connectivity index (χ2n) is 9.70. The zero-order valence-electron chi connectivity index (χ0n) is 16.7. The maximum atomic E-state index is 10.7. The Balaban J connectivity index is 1.59. The van der Waals surface area contributed by atoms with Gasteiger partial charge in [0.15, 0.2) is 0 Å². The summed E-state index contributed by atoms with van der Waals surface area (Å²) in [5, 5.41) is 20.8. The first-order valence-electron chi connectivity index (χ1n) is 11.2. The molecular formula is C24H36O2S. The molecule has 1 aromatic carbocycles. The molecule has 0 radical (unpaired) electrons. The number of phenolic OH excluding ortho intramolecular Hbond substituents is 1. The lowest BCUT2D eigenvalue weighted by molar-refractivity contribution is -0.0396. The summed E-state index contributed by atoms with van der Waals surface area (Å²) in [7, 11) is 0. The van der Waals surface area contributed by atoms with E-state index in [9.17, 15) is 10.2 Å². The maximum absolute atomic E-state index is 10.7. The van der Waals surface area contributed by atoms with Crippen molar-refractivity contribution in [2.75, 3.05) is 5.75 Å². The smallest absolute Gasteiger partial charge is 0.115 e. The topological polar surface area (TPSA) is 40.5 Å². The molecule has 3 aliphatic rings. The fourth-order valence-corrected chi connectivity index (χ4v) is 7.13. The van der Waals surface area contributed by atoms with Crippen LogP contribution in [0.1, 0.15) is 81.8 Å². The Bertz CT molecular complexity index is 660. The highest BCUT2D eigenvalue weighted by Gasteiger charge is 2.56. The quantitative estimate of drug-likeness (QED) is 0.431. The maximum Gasteiger partial charge on any atom is 0.115 e. The lowest BCUT2D eigenvalue weighted by Crippen LogP contribution is -2.47. The third-order valence-corrected chi connectivity index (χ3v) is 8.63. The number of hydrogen-bond acceptors (Lipinski definition) is 3. The monoisotopic (exact) mass is 388 g/mol. The van der Waals surface area contributed by atoms with Crippen molar-refractivity contribution in [1.29, 1.82) is 0 Å². The summed E-state index contributed by atoms with van der Waals surface area (Å²) in [4.78, 5) is 0. The van der Waals surface area contributed by atoms with E-state index in [0.717, 1.165) is 25.0 Å². The molecule has 0 aromatic heterocycles. The molecule has 150 valence electrons. The van der Waals surface area contributed by atoms with Crippen LogP contribution in [0.25, 0.3) is 0 Å². The van der Waals surface area contributed by atoms with E-state index in [2.05, 4.69) is 25.6 Å². The molecule has 3 heteroatoms. The normalized spacial score (nSPS) is 37.5. The molecule has 2 saturated carbocycles. The summed E-state index contributed by atoms with van der Waals surface area (Å²) in [6.45, 7) is 2.36. The van der Waals surface area contributed by atoms with Gasteiger partial charge in [0.2, 0.25) is 0 Å². The molecule has 2 N–H and O–H groups in total. The predicted octanol–water partition coefficient (Wildman–Crippen LogP) is 5.72. The molecule has 0 aliphatic heterocycles. The predicted molar refractivity (Wildman–Crippen MR) is 115 cm³/mol. The third-order valence-electron chi connectivity index (χ3n) is 8.32. The van der Waals surface area contributed by atoms with Gasteiger partial charge in [0, 0.05) is 0 Å². The van der Waals surface area contributed by atoms with Crippen LogP contribution in [-0.4, -0.2) is 22.1 Å². The molecule has 4 rings (SSSR count). The second kappa shape index (κ2) is 7.99. The molecule has 0 amide bonds. The zero-order valence-corrected chi connectivity index (χ0v) is 17.6. The van der Waals surface area contributed by atoms with Crippen LogP contribution < -0.4 is 0 Å². The average Bonchev–Trinajstić information content (AvgIpc) is 2.96. The number of aromatic hydroxyl groups is 1. The Kier molecular flexibility index (Phi) is 5.81. The number of benzene rings is 1. The third kappa shape index (κ3) is 3.55. The van der Waals surface area contributed by atoms with Crippen LogP contribution in [0.5, 0.6) is 5.75 Å². The molecule has 0 saturated heterocycles. The number of rotatable bonds is 6. The zero-order chi connectivity index (χ0) is 19.0. The molecule has 2 fully saturated rings. The largest absolute Gasteiger partial charge is 0.508 e. The van der Waals surface area contributed by atoms with Gasteiger partial charge in [-0.2, -0.15) is 12.6 Å². The lowest BCUT2D eigenvalue weighted by Gasteiger charge is -2.53. The minimum atomic E-state index is -0.110. The van der Waals surface area contributed by atoms with Gasteiger partial charge in [0.05, 0.1) is 6.10 Å². The van der Waals surface area contributed by atoms with Crippen LogP contribution in [0.2, 0.25) is 0 Å². The highest BCUT2D eigenvalue weighted by molar-refractivity contribution is 7.80. The molecule has 3 aliphatic carbocycles. The summed E-state index contributed by atoms with van der Waals surface area (Å²) in [5.41, 5.74) is 3.01. The SMILES string of the molecule is C[C@]12CC[C@@H]3c4ccc(O)cc4C[C@@H](CCCCCCS)[C@H]3[C@@H]1CC[C@@H]2O. The van der Waals surface area contributed by atoms with E-state index in [-0.39, 0.29) is 11.5 Å². The number of aliphatic hydroxyl groups is 1. The number of phenols is 1. The van der Waals surface area contributed by atoms with Crippen LogP contribution in [0.4, 0.5) is 0 Å². The molecule has 0 heterocycles. The number of aliphatic hydroxyl groups excluding tert-OH is 1. The first-order valence-corrected chi connectivity index (χ1v) is 11.8. The first kappa shape index (κ1) is 19.6. The first-order chi connectivity index (χ1) is 13.0. The van der Waals surface area contributed by atoms with Crippen molar-refractivity contribution in [2.45, 2.75) is 83.2 Å². The molecule has 0 unspecified atom stereocenters. The molecule has 0 spiro atoms. The summed E-state index contributed by atoms with van der Waals surface area (Å²) < 4.78 is 0. The van der Waals surface area contributed by atoms with Crippen molar-refractivity contribution in [3.63, 3.8) is 0 Å². The van der Waals surface area contributed by atoms with Crippen molar-refractivity contribution < 1.29 is 10.2 Å². The highest BCUT2D eigenvalue weighted by atomic mass is 32.1. The number of unbranched alkanes of at least 4 members (excludes halogenated alkanes) is 3.